The molecule has 1 N–H and O–H groups in total. The zero-order valence-corrected chi connectivity index (χ0v) is 12.4. The van der Waals surface area contributed by atoms with Gasteiger partial charge in [0.2, 0.25) is 0 Å². The lowest BCUT2D eigenvalue weighted by Gasteiger charge is -2.06. The molecule has 0 saturated heterocycles. The lowest BCUT2D eigenvalue weighted by atomic mass is 10.1. The van der Waals surface area contributed by atoms with Crippen LogP contribution in [0.4, 0.5) is 11.4 Å². The molecule has 0 amide bonds. The van der Waals surface area contributed by atoms with Crippen molar-refractivity contribution in [2.45, 2.75) is 34.1 Å². The van der Waals surface area contributed by atoms with E-state index in [4.69, 9.17) is 0 Å². The maximum atomic E-state index is 9.84. The molecular formula is C17H20N2O. The first-order chi connectivity index (χ1) is 9.51. The quantitative estimate of drug-likeness (QED) is 0.755. The molecule has 2 aromatic rings. The van der Waals surface area contributed by atoms with E-state index in [0.717, 1.165) is 28.8 Å². The average molecular weight is 268 g/mol. The van der Waals surface area contributed by atoms with Crippen molar-refractivity contribution in [2.75, 3.05) is 0 Å². The summed E-state index contributed by atoms with van der Waals surface area (Å²) in [5.74, 6) is 0.161. The van der Waals surface area contributed by atoms with Crippen molar-refractivity contribution in [1.29, 1.82) is 0 Å². The highest BCUT2D eigenvalue weighted by atomic mass is 16.3. The Morgan fingerprint density at radius 1 is 0.950 bits per heavy atom. The molecule has 0 fully saturated rings. The van der Waals surface area contributed by atoms with Gasteiger partial charge in [-0.05, 0) is 56.0 Å². The number of nitrogens with zero attached hydrogens (tertiary/aromatic N) is 2. The molecule has 104 valence electrons. The van der Waals surface area contributed by atoms with Gasteiger partial charge < -0.3 is 5.11 Å². The first kappa shape index (κ1) is 14.3. The molecule has 0 spiro atoms. The predicted octanol–water partition coefficient (Wildman–Crippen LogP) is 5.30. The van der Waals surface area contributed by atoms with Crippen LogP contribution in [0.15, 0.2) is 40.6 Å². The number of azo groups is 1. The van der Waals surface area contributed by atoms with Gasteiger partial charge >= 0.3 is 0 Å². The number of hydrogen-bond acceptors (Lipinski definition) is 3. The molecule has 2 aromatic carbocycles. The highest BCUT2D eigenvalue weighted by Crippen LogP contribution is 2.31. The fourth-order valence-electron chi connectivity index (χ4n) is 2.30. The Hall–Kier alpha value is -2.16. The standard InChI is InChI=1S/C17H20N2O/c1-5-14-6-7-16(20)15(10-14)18-19-17-12(3)8-11(2)9-13(17)4/h6-10,20H,5H2,1-4H3. The molecule has 2 rings (SSSR count). The minimum Gasteiger partial charge on any atom is -0.506 e. The first-order valence-corrected chi connectivity index (χ1v) is 6.82. The van der Waals surface area contributed by atoms with Crippen LogP contribution in [-0.4, -0.2) is 5.11 Å². The van der Waals surface area contributed by atoms with E-state index in [1.165, 1.54) is 5.56 Å². The molecular weight excluding hydrogens is 248 g/mol. The highest BCUT2D eigenvalue weighted by Gasteiger charge is 2.04. The van der Waals surface area contributed by atoms with Gasteiger partial charge in [-0.1, -0.05) is 30.7 Å². The fourth-order valence-corrected chi connectivity index (χ4v) is 2.30. The van der Waals surface area contributed by atoms with Crippen molar-refractivity contribution in [2.24, 2.45) is 10.2 Å². The second-order valence-corrected chi connectivity index (χ2v) is 5.12. The third-order valence-electron chi connectivity index (χ3n) is 3.34. The smallest absolute Gasteiger partial charge is 0.143 e. The molecule has 0 aliphatic carbocycles. The van der Waals surface area contributed by atoms with Gasteiger partial charge in [0.25, 0.3) is 0 Å². The van der Waals surface area contributed by atoms with E-state index in [0.29, 0.717) is 5.69 Å². The van der Waals surface area contributed by atoms with Crippen LogP contribution in [0.5, 0.6) is 5.75 Å². The normalized spacial score (nSPS) is 11.2. The number of rotatable bonds is 3. The summed E-state index contributed by atoms with van der Waals surface area (Å²) in [5.41, 5.74) is 5.93. The van der Waals surface area contributed by atoms with E-state index >= 15 is 0 Å². The zero-order chi connectivity index (χ0) is 14.7. The molecule has 0 aromatic heterocycles. The van der Waals surface area contributed by atoms with Gasteiger partial charge in [-0.15, -0.1) is 10.2 Å². The van der Waals surface area contributed by atoms with Gasteiger partial charge in [0.1, 0.15) is 11.4 Å². The molecule has 20 heavy (non-hydrogen) atoms. The van der Waals surface area contributed by atoms with Crippen LogP contribution in [-0.2, 0) is 6.42 Å². The van der Waals surface area contributed by atoms with Gasteiger partial charge in [-0.3, -0.25) is 0 Å². The largest absolute Gasteiger partial charge is 0.506 e. The fraction of sp³-hybridized carbons (Fsp3) is 0.294. The maximum Gasteiger partial charge on any atom is 0.143 e. The molecule has 0 heterocycles. The molecule has 0 radical (unpaired) electrons. The number of benzene rings is 2. The number of aryl methyl sites for hydroxylation is 4. The zero-order valence-electron chi connectivity index (χ0n) is 12.4. The molecule has 0 atom stereocenters. The van der Waals surface area contributed by atoms with Gasteiger partial charge in [0, 0.05) is 0 Å². The Bertz CT molecular complexity index is 637. The molecule has 3 heteroatoms. The summed E-state index contributed by atoms with van der Waals surface area (Å²) in [6, 6.07) is 9.61. The average Bonchev–Trinajstić information content (AvgIpc) is 2.39. The Kier molecular flexibility index (Phi) is 4.18. The van der Waals surface area contributed by atoms with Crippen molar-refractivity contribution in [1.82, 2.24) is 0 Å². The van der Waals surface area contributed by atoms with Gasteiger partial charge in [0.15, 0.2) is 0 Å². The third kappa shape index (κ3) is 3.05. The van der Waals surface area contributed by atoms with Crippen LogP contribution in [0.1, 0.15) is 29.2 Å². The maximum absolute atomic E-state index is 9.84. The topological polar surface area (TPSA) is 45.0 Å². The lowest BCUT2D eigenvalue weighted by Crippen LogP contribution is -1.83. The lowest BCUT2D eigenvalue weighted by molar-refractivity contribution is 0.476. The Balaban J connectivity index is 2.39. The van der Waals surface area contributed by atoms with Crippen molar-refractivity contribution in [3.8, 4) is 5.75 Å². The van der Waals surface area contributed by atoms with Crippen molar-refractivity contribution in [3.05, 3.63) is 52.6 Å². The minimum atomic E-state index is 0.161. The monoisotopic (exact) mass is 268 g/mol. The van der Waals surface area contributed by atoms with Crippen LogP contribution < -0.4 is 0 Å². The van der Waals surface area contributed by atoms with Crippen LogP contribution in [0.25, 0.3) is 0 Å². The van der Waals surface area contributed by atoms with Gasteiger partial charge in [0.05, 0.1) is 5.69 Å². The number of phenols is 1. The second-order valence-electron chi connectivity index (χ2n) is 5.12. The summed E-state index contributed by atoms with van der Waals surface area (Å²) in [4.78, 5) is 0. The van der Waals surface area contributed by atoms with E-state index in [1.807, 2.05) is 26.0 Å². The minimum absolute atomic E-state index is 0.161. The summed E-state index contributed by atoms with van der Waals surface area (Å²) in [5, 5.41) is 18.4. The van der Waals surface area contributed by atoms with Gasteiger partial charge in [-0.2, -0.15) is 0 Å². The number of hydrogen-bond donors (Lipinski definition) is 1. The summed E-state index contributed by atoms with van der Waals surface area (Å²) in [6.45, 7) is 8.19. The second kappa shape index (κ2) is 5.87. The van der Waals surface area contributed by atoms with Crippen molar-refractivity contribution in [3.63, 3.8) is 0 Å². The molecule has 0 aliphatic heterocycles. The summed E-state index contributed by atoms with van der Waals surface area (Å²) < 4.78 is 0. The van der Waals surface area contributed by atoms with Crippen molar-refractivity contribution < 1.29 is 5.11 Å². The van der Waals surface area contributed by atoms with Crippen LogP contribution in [0.3, 0.4) is 0 Å². The van der Waals surface area contributed by atoms with Gasteiger partial charge in [-0.25, -0.2) is 0 Å². The molecule has 0 aliphatic rings. The Labute approximate surface area is 120 Å². The predicted molar refractivity (Wildman–Crippen MR) is 82.3 cm³/mol. The SMILES string of the molecule is CCc1ccc(O)c(N=Nc2c(C)cc(C)cc2C)c1. The summed E-state index contributed by atoms with van der Waals surface area (Å²) >= 11 is 0. The Morgan fingerprint density at radius 3 is 2.20 bits per heavy atom. The molecule has 0 saturated carbocycles. The summed E-state index contributed by atoms with van der Waals surface area (Å²) in [7, 11) is 0. The van der Waals surface area contributed by atoms with E-state index in [9.17, 15) is 5.11 Å². The highest BCUT2D eigenvalue weighted by molar-refractivity contribution is 5.56. The number of phenolic OH excluding ortho intramolecular Hbond substituents is 1. The van der Waals surface area contributed by atoms with E-state index in [2.05, 4.69) is 36.2 Å². The van der Waals surface area contributed by atoms with E-state index in [1.54, 1.807) is 6.07 Å². The Morgan fingerprint density at radius 2 is 1.60 bits per heavy atom. The third-order valence-corrected chi connectivity index (χ3v) is 3.34. The van der Waals surface area contributed by atoms with Crippen molar-refractivity contribution >= 4 is 11.4 Å². The first-order valence-electron chi connectivity index (χ1n) is 6.82. The molecule has 3 nitrogen and oxygen atoms in total. The van der Waals surface area contributed by atoms with E-state index in [-0.39, 0.29) is 5.75 Å². The van der Waals surface area contributed by atoms with E-state index < -0.39 is 0 Å². The number of aromatic hydroxyl groups is 1. The molecule has 0 bridgehead atoms. The van der Waals surface area contributed by atoms with Crippen LogP contribution in [0.2, 0.25) is 0 Å². The molecule has 0 unspecified atom stereocenters. The van der Waals surface area contributed by atoms with Crippen LogP contribution >= 0.6 is 0 Å². The van der Waals surface area contributed by atoms with Crippen LogP contribution in [0, 0.1) is 20.8 Å². The summed E-state index contributed by atoms with van der Waals surface area (Å²) in [6.07, 6.45) is 0.908.